The van der Waals surface area contributed by atoms with Gasteiger partial charge in [0.1, 0.15) is 5.69 Å². The Hall–Kier alpha value is -2.34. The van der Waals surface area contributed by atoms with Crippen molar-refractivity contribution in [1.82, 2.24) is 20.3 Å². The lowest BCUT2D eigenvalue weighted by Crippen LogP contribution is -2.28. The van der Waals surface area contributed by atoms with E-state index in [9.17, 15) is 4.79 Å². The van der Waals surface area contributed by atoms with E-state index in [-0.39, 0.29) is 0 Å². The zero-order valence-corrected chi connectivity index (χ0v) is 11.1. The standard InChI is InChI=1S/C14H14N4O2/c1-20-14(19)12-9-5-7-15-8-11(9)17-13(18-12)10-4-2-3-6-16-10/h2-4,6,15H,5,7-8H2,1H3. The number of nitrogens with one attached hydrogen (secondary N) is 1. The molecule has 6 heteroatoms. The van der Waals surface area contributed by atoms with Crippen molar-refractivity contribution in [3.63, 3.8) is 0 Å². The third-order valence-corrected chi connectivity index (χ3v) is 3.21. The maximum absolute atomic E-state index is 11.9. The highest BCUT2D eigenvalue weighted by Gasteiger charge is 2.23. The number of carbonyl (C=O) groups is 1. The van der Waals surface area contributed by atoms with E-state index >= 15 is 0 Å². The number of methoxy groups -OCH3 is 1. The van der Waals surface area contributed by atoms with Gasteiger partial charge >= 0.3 is 5.97 Å². The van der Waals surface area contributed by atoms with E-state index in [4.69, 9.17) is 4.74 Å². The van der Waals surface area contributed by atoms with Gasteiger partial charge in [-0.1, -0.05) is 6.07 Å². The molecule has 0 atom stereocenters. The average Bonchev–Trinajstić information content (AvgIpc) is 2.54. The van der Waals surface area contributed by atoms with Gasteiger partial charge in [-0.2, -0.15) is 0 Å². The molecular formula is C14H14N4O2. The number of rotatable bonds is 2. The van der Waals surface area contributed by atoms with Crippen LogP contribution < -0.4 is 5.32 Å². The van der Waals surface area contributed by atoms with Gasteiger partial charge in [-0.15, -0.1) is 0 Å². The molecule has 0 aromatic carbocycles. The Morgan fingerprint density at radius 1 is 1.35 bits per heavy atom. The Balaban J connectivity index is 2.15. The molecule has 0 fully saturated rings. The molecule has 20 heavy (non-hydrogen) atoms. The predicted octanol–water partition coefficient (Wildman–Crippen LogP) is 0.971. The molecule has 0 radical (unpaired) electrons. The molecule has 3 rings (SSSR count). The van der Waals surface area contributed by atoms with Crippen molar-refractivity contribution in [1.29, 1.82) is 0 Å². The van der Waals surface area contributed by atoms with Crippen LogP contribution in [0.15, 0.2) is 24.4 Å². The van der Waals surface area contributed by atoms with Crippen molar-refractivity contribution in [3.8, 4) is 11.5 Å². The molecular weight excluding hydrogens is 256 g/mol. The van der Waals surface area contributed by atoms with E-state index in [1.165, 1.54) is 7.11 Å². The van der Waals surface area contributed by atoms with Gasteiger partial charge < -0.3 is 10.1 Å². The quantitative estimate of drug-likeness (QED) is 0.819. The van der Waals surface area contributed by atoms with E-state index in [0.29, 0.717) is 23.8 Å². The Bertz CT molecular complexity index is 643. The number of esters is 1. The number of nitrogens with zero attached hydrogens (tertiary/aromatic N) is 3. The smallest absolute Gasteiger partial charge is 0.357 e. The average molecular weight is 270 g/mol. The summed E-state index contributed by atoms with van der Waals surface area (Å²) in [5.41, 5.74) is 2.70. The van der Waals surface area contributed by atoms with E-state index < -0.39 is 5.97 Å². The number of fused-ring (bicyclic) bond motifs is 1. The summed E-state index contributed by atoms with van der Waals surface area (Å²) in [5, 5.41) is 3.24. The van der Waals surface area contributed by atoms with Crippen LogP contribution in [0.2, 0.25) is 0 Å². The summed E-state index contributed by atoms with van der Waals surface area (Å²) in [6.45, 7) is 1.44. The number of hydrogen-bond donors (Lipinski definition) is 1. The van der Waals surface area contributed by atoms with Crippen LogP contribution in [0.4, 0.5) is 0 Å². The molecule has 1 aliphatic rings. The fourth-order valence-corrected chi connectivity index (χ4v) is 2.23. The van der Waals surface area contributed by atoms with Crippen molar-refractivity contribution in [2.24, 2.45) is 0 Å². The van der Waals surface area contributed by atoms with Gasteiger partial charge in [0.05, 0.1) is 12.8 Å². The maximum atomic E-state index is 11.9. The largest absolute Gasteiger partial charge is 0.464 e. The fraction of sp³-hybridized carbons (Fsp3) is 0.286. The highest BCUT2D eigenvalue weighted by molar-refractivity contribution is 5.89. The van der Waals surface area contributed by atoms with E-state index in [0.717, 1.165) is 24.2 Å². The summed E-state index contributed by atoms with van der Waals surface area (Å²) in [7, 11) is 1.36. The van der Waals surface area contributed by atoms with Crippen LogP contribution in [-0.2, 0) is 17.7 Å². The van der Waals surface area contributed by atoms with Crippen LogP contribution in [0.3, 0.4) is 0 Å². The summed E-state index contributed by atoms with van der Waals surface area (Å²) in [6.07, 6.45) is 2.40. The Morgan fingerprint density at radius 3 is 3.00 bits per heavy atom. The molecule has 0 aliphatic carbocycles. The van der Waals surface area contributed by atoms with Crippen molar-refractivity contribution in [2.45, 2.75) is 13.0 Å². The summed E-state index contributed by atoms with van der Waals surface area (Å²) >= 11 is 0. The molecule has 0 amide bonds. The van der Waals surface area contributed by atoms with Crippen LogP contribution in [-0.4, -0.2) is 34.6 Å². The second kappa shape index (κ2) is 5.34. The molecule has 0 bridgehead atoms. The zero-order valence-electron chi connectivity index (χ0n) is 11.1. The van der Waals surface area contributed by atoms with Crippen molar-refractivity contribution >= 4 is 5.97 Å². The number of pyridine rings is 1. The van der Waals surface area contributed by atoms with Crippen LogP contribution in [0.5, 0.6) is 0 Å². The highest BCUT2D eigenvalue weighted by Crippen LogP contribution is 2.20. The first-order valence-electron chi connectivity index (χ1n) is 6.40. The third-order valence-electron chi connectivity index (χ3n) is 3.21. The maximum Gasteiger partial charge on any atom is 0.357 e. The van der Waals surface area contributed by atoms with Crippen LogP contribution in [0.25, 0.3) is 11.5 Å². The molecule has 6 nitrogen and oxygen atoms in total. The Kier molecular flexibility index (Phi) is 3.39. The minimum absolute atomic E-state index is 0.347. The molecule has 2 aromatic heterocycles. The van der Waals surface area contributed by atoms with E-state index in [1.54, 1.807) is 6.20 Å². The molecule has 0 saturated carbocycles. The molecule has 2 aromatic rings. The number of carbonyl (C=O) groups excluding carboxylic acids is 1. The SMILES string of the molecule is COC(=O)c1nc(-c2ccccn2)nc2c1CCNC2. The zero-order chi connectivity index (χ0) is 13.9. The van der Waals surface area contributed by atoms with Gasteiger partial charge in [-0.05, 0) is 25.1 Å². The molecule has 102 valence electrons. The number of hydrogen-bond acceptors (Lipinski definition) is 6. The summed E-state index contributed by atoms with van der Waals surface area (Å²) in [4.78, 5) is 25.0. The first-order valence-corrected chi connectivity index (χ1v) is 6.40. The lowest BCUT2D eigenvalue weighted by molar-refractivity contribution is 0.0592. The Morgan fingerprint density at radius 2 is 2.25 bits per heavy atom. The van der Waals surface area contributed by atoms with Gasteiger partial charge in [0.25, 0.3) is 0 Å². The second-order valence-corrected chi connectivity index (χ2v) is 4.45. The van der Waals surface area contributed by atoms with Crippen LogP contribution in [0, 0.1) is 0 Å². The minimum atomic E-state index is -0.428. The molecule has 0 saturated heterocycles. The topological polar surface area (TPSA) is 77.0 Å². The lowest BCUT2D eigenvalue weighted by Gasteiger charge is -2.18. The summed E-state index contributed by atoms with van der Waals surface area (Å²) in [6, 6.07) is 5.50. The van der Waals surface area contributed by atoms with Crippen LogP contribution in [0.1, 0.15) is 21.7 Å². The second-order valence-electron chi connectivity index (χ2n) is 4.45. The molecule has 1 N–H and O–H groups in total. The fourth-order valence-electron chi connectivity index (χ4n) is 2.23. The van der Waals surface area contributed by atoms with Gasteiger partial charge in [0.2, 0.25) is 0 Å². The number of ether oxygens (including phenoxy) is 1. The molecule has 0 spiro atoms. The monoisotopic (exact) mass is 270 g/mol. The lowest BCUT2D eigenvalue weighted by atomic mass is 10.0. The first-order chi connectivity index (χ1) is 9.79. The summed E-state index contributed by atoms with van der Waals surface area (Å²) in [5.74, 6) is 0.0242. The van der Waals surface area contributed by atoms with Gasteiger partial charge in [0, 0.05) is 18.3 Å². The van der Waals surface area contributed by atoms with Gasteiger partial charge in [-0.25, -0.2) is 14.8 Å². The molecule has 0 unspecified atom stereocenters. The van der Waals surface area contributed by atoms with Gasteiger partial charge in [-0.3, -0.25) is 4.98 Å². The van der Waals surface area contributed by atoms with Crippen molar-refractivity contribution < 1.29 is 9.53 Å². The first kappa shape index (κ1) is 12.7. The number of aromatic nitrogens is 3. The minimum Gasteiger partial charge on any atom is -0.464 e. The van der Waals surface area contributed by atoms with Crippen molar-refractivity contribution in [3.05, 3.63) is 41.3 Å². The normalized spacial score (nSPS) is 13.7. The third kappa shape index (κ3) is 2.25. The van der Waals surface area contributed by atoms with E-state index in [1.807, 2.05) is 18.2 Å². The predicted molar refractivity (Wildman–Crippen MR) is 72.0 cm³/mol. The van der Waals surface area contributed by atoms with E-state index in [2.05, 4.69) is 20.3 Å². The highest BCUT2D eigenvalue weighted by atomic mass is 16.5. The summed E-state index contributed by atoms with van der Waals surface area (Å²) < 4.78 is 4.82. The van der Waals surface area contributed by atoms with Crippen LogP contribution >= 0.6 is 0 Å². The molecule has 1 aliphatic heterocycles. The molecule has 3 heterocycles. The Labute approximate surface area is 116 Å². The van der Waals surface area contributed by atoms with Gasteiger partial charge in [0.15, 0.2) is 11.5 Å². The van der Waals surface area contributed by atoms with Crippen molar-refractivity contribution in [2.75, 3.05) is 13.7 Å².